The number of benzene rings is 2. The van der Waals surface area contributed by atoms with Gasteiger partial charge < -0.3 is 10.6 Å². The minimum atomic E-state index is 0.140. The van der Waals surface area contributed by atoms with Crippen molar-refractivity contribution in [2.24, 2.45) is 0 Å². The van der Waals surface area contributed by atoms with Crippen LogP contribution < -0.4 is 10.6 Å². The third kappa shape index (κ3) is 4.32. The molecule has 2 heterocycles. The number of halogens is 1. The van der Waals surface area contributed by atoms with Gasteiger partial charge >= 0.3 is 0 Å². The second kappa shape index (κ2) is 7.85. The Morgan fingerprint density at radius 2 is 1.85 bits per heavy atom. The summed E-state index contributed by atoms with van der Waals surface area (Å²) in [5, 5.41) is 6.56. The zero-order valence-electron chi connectivity index (χ0n) is 14.6. The van der Waals surface area contributed by atoms with E-state index in [1.807, 2.05) is 41.9 Å². The van der Waals surface area contributed by atoms with Gasteiger partial charge in [0.25, 0.3) is 0 Å². The van der Waals surface area contributed by atoms with E-state index < -0.39 is 0 Å². The van der Waals surface area contributed by atoms with E-state index in [0.717, 1.165) is 15.9 Å². The van der Waals surface area contributed by atoms with Crippen molar-refractivity contribution in [3.8, 4) is 0 Å². The number of aromatic nitrogens is 4. The van der Waals surface area contributed by atoms with Gasteiger partial charge in [-0.05, 0) is 41.3 Å². The fraction of sp³-hybridized carbons (Fsp3) is 0.158. The summed E-state index contributed by atoms with van der Waals surface area (Å²) in [5.74, 6) is 1.15. The number of hydrogen-bond acceptors (Lipinski definition) is 7. The van der Waals surface area contributed by atoms with E-state index in [2.05, 4.69) is 49.6 Å². The molecule has 2 aromatic heterocycles. The molecular formula is C19H17ClN6S. The van der Waals surface area contributed by atoms with Gasteiger partial charge in [0.15, 0.2) is 0 Å². The molecule has 136 valence electrons. The highest BCUT2D eigenvalue weighted by Crippen LogP contribution is 2.24. The van der Waals surface area contributed by atoms with E-state index in [-0.39, 0.29) is 5.28 Å². The first-order chi connectivity index (χ1) is 13.2. The van der Waals surface area contributed by atoms with E-state index in [1.165, 1.54) is 5.56 Å². The Hall–Kier alpha value is -2.77. The molecule has 0 bridgehead atoms. The summed E-state index contributed by atoms with van der Waals surface area (Å²) in [6.45, 7) is 2.84. The lowest BCUT2D eigenvalue weighted by atomic mass is 10.0. The monoisotopic (exact) mass is 396 g/mol. The molecule has 4 rings (SSSR count). The highest BCUT2D eigenvalue weighted by molar-refractivity contribution is 7.16. The van der Waals surface area contributed by atoms with Gasteiger partial charge in [-0.15, -0.1) is 11.3 Å². The zero-order chi connectivity index (χ0) is 18.6. The lowest BCUT2D eigenvalue weighted by Crippen LogP contribution is -2.13. The maximum atomic E-state index is 6.08. The van der Waals surface area contributed by atoms with Crippen molar-refractivity contribution in [2.45, 2.75) is 12.8 Å². The average Bonchev–Trinajstić information content (AvgIpc) is 3.14. The summed E-state index contributed by atoms with van der Waals surface area (Å²) in [4.78, 5) is 17.0. The molecule has 2 aromatic carbocycles. The lowest BCUT2D eigenvalue weighted by molar-refractivity contribution is 0.795. The molecule has 0 amide bonds. The molecule has 27 heavy (non-hydrogen) atoms. The van der Waals surface area contributed by atoms with Crippen LogP contribution in [0.5, 0.6) is 0 Å². The molecule has 0 aliphatic rings. The molecule has 0 fully saturated rings. The minimum absolute atomic E-state index is 0.140. The summed E-state index contributed by atoms with van der Waals surface area (Å²) >= 11 is 7.66. The molecule has 1 atom stereocenters. The topological polar surface area (TPSA) is 75.6 Å². The van der Waals surface area contributed by atoms with Gasteiger partial charge in [0.2, 0.25) is 17.2 Å². The van der Waals surface area contributed by atoms with Crippen LogP contribution in [-0.2, 0) is 0 Å². The molecule has 4 aromatic rings. The predicted octanol–water partition coefficient (Wildman–Crippen LogP) is 5.09. The maximum absolute atomic E-state index is 6.08. The molecular weight excluding hydrogens is 380 g/mol. The van der Waals surface area contributed by atoms with Crippen LogP contribution in [0, 0.1) is 0 Å². The van der Waals surface area contributed by atoms with Crippen molar-refractivity contribution in [1.29, 1.82) is 0 Å². The van der Waals surface area contributed by atoms with Gasteiger partial charge in [-0.2, -0.15) is 15.0 Å². The van der Waals surface area contributed by atoms with Crippen molar-refractivity contribution < 1.29 is 0 Å². The van der Waals surface area contributed by atoms with Crippen molar-refractivity contribution in [3.05, 3.63) is 64.9 Å². The van der Waals surface area contributed by atoms with Crippen LogP contribution in [0.4, 0.5) is 17.6 Å². The van der Waals surface area contributed by atoms with Gasteiger partial charge in [0.05, 0.1) is 15.7 Å². The Morgan fingerprint density at radius 1 is 1.04 bits per heavy atom. The van der Waals surface area contributed by atoms with Crippen LogP contribution in [0.3, 0.4) is 0 Å². The number of fused-ring (bicyclic) bond motifs is 1. The van der Waals surface area contributed by atoms with Crippen molar-refractivity contribution in [2.75, 3.05) is 17.2 Å². The van der Waals surface area contributed by atoms with Gasteiger partial charge in [-0.1, -0.05) is 37.3 Å². The van der Waals surface area contributed by atoms with Crippen LogP contribution in [0.15, 0.2) is 54.0 Å². The molecule has 0 spiro atoms. The number of nitrogens with one attached hydrogen (secondary N) is 2. The van der Waals surface area contributed by atoms with Crippen LogP contribution in [0.1, 0.15) is 18.4 Å². The molecule has 0 aliphatic heterocycles. The van der Waals surface area contributed by atoms with Gasteiger partial charge in [0, 0.05) is 12.2 Å². The molecule has 0 saturated heterocycles. The van der Waals surface area contributed by atoms with E-state index in [9.17, 15) is 0 Å². The number of rotatable bonds is 6. The molecule has 1 unspecified atom stereocenters. The first kappa shape index (κ1) is 17.6. The van der Waals surface area contributed by atoms with Gasteiger partial charge in [0.1, 0.15) is 0 Å². The highest BCUT2D eigenvalue weighted by atomic mass is 35.5. The Labute approximate surface area is 165 Å². The molecule has 2 N–H and O–H groups in total. The third-order valence-electron chi connectivity index (χ3n) is 4.13. The van der Waals surface area contributed by atoms with Gasteiger partial charge in [-0.25, -0.2) is 4.98 Å². The molecule has 8 heteroatoms. The lowest BCUT2D eigenvalue weighted by Gasteiger charge is -2.13. The summed E-state index contributed by atoms with van der Waals surface area (Å²) < 4.78 is 1.09. The predicted molar refractivity (Wildman–Crippen MR) is 111 cm³/mol. The Morgan fingerprint density at radius 3 is 2.70 bits per heavy atom. The van der Waals surface area contributed by atoms with Crippen molar-refractivity contribution >= 4 is 50.7 Å². The minimum Gasteiger partial charge on any atom is -0.353 e. The van der Waals surface area contributed by atoms with Crippen molar-refractivity contribution in [3.63, 3.8) is 0 Å². The summed E-state index contributed by atoms with van der Waals surface area (Å²) in [5.41, 5.74) is 4.92. The van der Waals surface area contributed by atoms with Crippen LogP contribution in [0.25, 0.3) is 10.2 Å². The zero-order valence-corrected chi connectivity index (χ0v) is 16.1. The van der Waals surface area contributed by atoms with Crippen LogP contribution in [-0.4, -0.2) is 26.5 Å². The fourth-order valence-electron chi connectivity index (χ4n) is 2.69. The smallest absolute Gasteiger partial charge is 0.233 e. The van der Waals surface area contributed by atoms with E-state index in [1.54, 1.807) is 11.3 Å². The first-order valence-corrected chi connectivity index (χ1v) is 9.74. The summed E-state index contributed by atoms with van der Waals surface area (Å²) in [7, 11) is 0. The van der Waals surface area contributed by atoms with Crippen LogP contribution in [0.2, 0.25) is 5.28 Å². The third-order valence-corrected chi connectivity index (χ3v) is 5.09. The molecule has 6 nitrogen and oxygen atoms in total. The number of hydrogen-bond donors (Lipinski definition) is 2. The largest absolute Gasteiger partial charge is 0.353 e. The number of nitrogens with zero attached hydrogens (tertiary/aromatic N) is 4. The highest BCUT2D eigenvalue weighted by Gasteiger charge is 2.09. The van der Waals surface area contributed by atoms with E-state index >= 15 is 0 Å². The molecule has 0 aliphatic carbocycles. The fourth-order valence-corrected chi connectivity index (χ4v) is 3.57. The second-order valence-electron chi connectivity index (χ2n) is 6.10. The molecule has 0 saturated carbocycles. The summed E-state index contributed by atoms with van der Waals surface area (Å²) in [6, 6.07) is 16.2. The maximum Gasteiger partial charge on any atom is 0.233 e. The number of anilines is 3. The average molecular weight is 397 g/mol. The van der Waals surface area contributed by atoms with E-state index in [0.29, 0.717) is 24.4 Å². The van der Waals surface area contributed by atoms with Crippen LogP contribution >= 0.6 is 22.9 Å². The standard InChI is InChI=1S/C19H17ClN6S/c1-12(13-5-3-2-4-6-13)10-21-18-24-17(20)25-19(26-18)23-14-7-8-15-16(9-14)27-11-22-15/h2-9,11-12H,10H2,1H3,(H2,21,23,24,25,26). The second-order valence-corrected chi connectivity index (χ2v) is 7.33. The Bertz CT molecular complexity index is 1050. The first-order valence-electron chi connectivity index (χ1n) is 8.48. The number of thiazole rings is 1. The van der Waals surface area contributed by atoms with Crippen molar-refractivity contribution in [1.82, 2.24) is 19.9 Å². The van der Waals surface area contributed by atoms with E-state index in [4.69, 9.17) is 11.6 Å². The SMILES string of the molecule is CC(CNc1nc(Cl)nc(Nc2ccc3ncsc3c2)n1)c1ccccc1. The normalized spacial score (nSPS) is 12.1. The Kier molecular flexibility index (Phi) is 5.13. The Balaban J connectivity index is 1.47. The quantitative estimate of drug-likeness (QED) is 0.472. The molecule has 0 radical (unpaired) electrons. The summed E-state index contributed by atoms with van der Waals surface area (Å²) in [6.07, 6.45) is 0. The van der Waals surface area contributed by atoms with Gasteiger partial charge in [-0.3, -0.25) is 0 Å².